The Labute approximate surface area is 108 Å². The van der Waals surface area contributed by atoms with E-state index in [1.165, 1.54) is 16.7 Å². The fourth-order valence-electron chi connectivity index (χ4n) is 1.86. The molecule has 2 heteroatoms. The molecule has 0 spiro atoms. The first kappa shape index (κ1) is 12.7. The lowest BCUT2D eigenvalue weighted by Gasteiger charge is -2.14. The maximum atomic E-state index is 9.22. The summed E-state index contributed by atoms with van der Waals surface area (Å²) in [6, 6.07) is 16.2. The molecule has 0 saturated heterocycles. The summed E-state index contributed by atoms with van der Waals surface area (Å²) in [6.07, 6.45) is 0. The monoisotopic (exact) mass is 241 g/mol. The van der Waals surface area contributed by atoms with Gasteiger partial charge in [0, 0.05) is 12.6 Å². The number of hydrogen-bond donors (Lipinski definition) is 2. The Morgan fingerprint density at radius 3 is 2.22 bits per heavy atom. The second kappa shape index (κ2) is 5.69. The van der Waals surface area contributed by atoms with Crippen molar-refractivity contribution in [3.63, 3.8) is 0 Å². The Morgan fingerprint density at radius 2 is 1.61 bits per heavy atom. The summed E-state index contributed by atoms with van der Waals surface area (Å²) >= 11 is 0. The van der Waals surface area contributed by atoms with E-state index in [1.807, 2.05) is 12.1 Å². The molecule has 0 aliphatic rings. The molecule has 2 aromatic rings. The molecule has 18 heavy (non-hydrogen) atoms. The molecule has 0 unspecified atom stereocenters. The van der Waals surface area contributed by atoms with Crippen LogP contribution in [0.2, 0.25) is 0 Å². The SMILES string of the molecule is Cc1ccc([C@H](C)NCc2ccc(O)cc2)cc1. The maximum absolute atomic E-state index is 9.22. The van der Waals surface area contributed by atoms with E-state index in [4.69, 9.17) is 0 Å². The average molecular weight is 241 g/mol. The lowest BCUT2D eigenvalue weighted by Crippen LogP contribution is -2.17. The van der Waals surface area contributed by atoms with Gasteiger partial charge in [0.25, 0.3) is 0 Å². The van der Waals surface area contributed by atoms with Crippen molar-refractivity contribution in [3.8, 4) is 5.75 Å². The van der Waals surface area contributed by atoms with Gasteiger partial charge in [-0.05, 0) is 37.1 Å². The molecule has 2 rings (SSSR count). The predicted molar refractivity (Wildman–Crippen MR) is 74.5 cm³/mol. The quantitative estimate of drug-likeness (QED) is 0.858. The van der Waals surface area contributed by atoms with Gasteiger partial charge in [-0.1, -0.05) is 42.0 Å². The molecule has 0 saturated carbocycles. The van der Waals surface area contributed by atoms with Crippen LogP contribution in [0, 0.1) is 6.92 Å². The third kappa shape index (κ3) is 3.34. The van der Waals surface area contributed by atoms with E-state index in [1.54, 1.807) is 12.1 Å². The lowest BCUT2D eigenvalue weighted by molar-refractivity contribution is 0.474. The summed E-state index contributed by atoms with van der Waals surface area (Å²) in [5.74, 6) is 0.310. The van der Waals surface area contributed by atoms with Crippen LogP contribution in [-0.4, -0.2) is 5.11 Å². The predicted octanol–water partition coefficient (Wildman–Crippen LogP) is 3.55. The Kier molecular flexibility index (Phi) is 4.00. The summed E-state index contributed by atoms with van der Waals surface area (Å²) in [6.45, 7) is 5.05. The third-order valence-electron chi connectivity index (χ3n) is 3.13. The molecule has 0 aromatic heterocycles. The summed E-state index contributed by atoms with van der Waals surface area (Å²) in [5.41, 5.74) is 3.75. The maximum Gasteiger partial charge on any atom is 0.115 e. The number of nitrogens with one attached hydrogen (secondary N) is 1. The average Bonchev–Trinajstić information content (AvgIpc) is 2.38. The minimum Gasteiger partial charge on any atom is -0.508 e. The molecule has 0 heterocycles. The zero-order valence-corrected chi connectivity index (χ0v) is 10.9. The van der Waals surface area contributed by atoms with E-state index >= 15 is 0 Å². The van der Waals surface area contributed by atoms with Gasteiger partial charge >= 0.3 is 0 Å². The molecule has 0 amide bonds. The summed E-state index contributed by atoms with van der Waals surface area (Å²) < 4.78 is 0. The minimum absolute atomic E-state index is 0.310. The topological polar surface area (TPSA) is 32.3 Å². The number of phenolic OH excluding ortho intramolecular Hbond substituents is 1. The first-order valence-electron chi connectivity index (χ1n) is 6.23. The zero-order chi connectivity index (χ0) is 13.0. The first-order chi connectivity index (χ1) is 8.65. The Hall–Kier alpha value is -1.80. The van der Waals surface area contributed by atoms with Crippen LogP contribution in [0.5, 0.6) is 5.75 Å². The van der Waals surface area contributed by atoms with Crippen molar-refractivity contribution in [3.05, 3.63) is 65.2 Å². The highest BCUT2D eigenvalue weighted by Crippen LogP contribution is 2.15. The van der Waals surface area contributed by atoms with Crippen molar-refractivity contribution in [2.75, 3.05) is 0 Å². The van der Waals surface area contributed by atoms with Crippen molar-refractivity contribution in [1.82, 2.24) is 5.32 Å². The van der Waals surface area contributed by atoms with Crippen LogP contribution >= 0.6 is 0 Å². The smallest absolute Gasteiger partial charge is 0.115 e. The van der Waals surface area contributed by atoms with Crippen LogP contribution in [0.25, 0.3) is 0 Å². The van der Waals surface area contributed by atoms with Gasteiger partial charge in [0.2, 0.25) is 0 Å². The van der Waals surface area contributed by atoms with Gasteiger partial charge in [0.05, 0.1) is 0 Å². The normalized spacial score (nSPS) is 12.3. The van der Waals surface area contributed by atoms with Crippen LogP contribution in [0.3, 0.4) is 0 Å². The fraction of sp³-hybridized carbons (Fsp3) is 0.250. The van der Waals surface area contributed by atoms with Crippen LogP contribution in [0.4, 0.5) is 0 Å². The molecule has 94 valence electrons. The molecular weight excluding hydrogens is 222 g/mol. The molecule has 1 atom stereocenters. The number of benzene rings is 2. The zero-order valence-electron chi connectivity index (χ0n) is 10.9. The molecule has 0 aliphatic carbocycles. The van der Waals surface area contributed by atoms with Gasteiger partial charge in [-0.2, -0.15) is 0 Å². The van der Waals surface area contributed by atoms with Gasteiger partial charge in [-0.15, -0.1) is 0 Å². The highest BCUT2D eigenvalue weighted by Gasteiger charge is 2.04. The van der Waals surface area contributed by atoms with Crippen LogP contribution in [-0.2, 0) is 6.54 Å². The number of phenols is 1. The van der Waals surface area contributed by atoms with Crippen molar-refractivity contribution in [2.45, 2.75) is 26.4 Å². The third-order valence-corrected chi connectivity index (χ3v) is 3.13. The molecule has 0 bridgehead atoms. The molecule has 2 nitrogen and oxygen atoms in total. The van der Waals surface area contributed by atoms with Gasteiger partial charge < -0.3 is 10.4 Å². The number of rotatable bonds is 4. The second-order valence-electron chi connectivity index (χ2n) is 4.68. The van der Waals surface area contributed by atoms with Gasteiger partial charge in [0.15, 0.2) is 0 Å². The van der Waals surface area contributed by atoms with Gasteiger partial charge in [-0.25, -0.2) is 0 Å². The Bertz CT molecular complexity index is 488. The van der Waals surface area contributed by atoms with Crippen molar-refractivity contribution < 1.29 is 5.11 Å². The van der Waals surface area contributed by atoms with Crippen molar-refractivity contribution in [2.24, 2.45) is 0 Å². The molecular formula is C16H19NO. The number of aromatic hydroxyl groups is 1. The van der Waals surface area contributed by atoms with Crippen LogP contribution in [0.15, 0.2) is 48.5 Å². The minimum atomic E-state index is 0.310. The van der Waals surface area contributed by atoms with Crippen molar-refractivity contribution >= 4 is 0 Å². The van der Waals surface area contributed by atoms with E-state index in [0.717, 1.165) is 6.54 Å². The standard InChI is InChI=1S/C16H19NO/c1-12-3-7-15(8-4-12)13(2)17-11-14-5-9-16(18)10-6-14/h3-10,13,17-18H,11H2,1-2H3/t13-/m0/s1. The summed E-state index contributed by atoms with van der Waals surface area (Å²) in [7, 11) is 0. The Balaban J connectivity index is 1.93. The first-order valence-corrected chi connectivity index (χ1v) is 6.23. The van der Waals surface area contributed by atoms with Gasteiger partial charge in [-0.3, -0.25) is 0 Å². The molecule has 0 radical (unpaired) electrons. The molecule has 2 N–H and O–H groups in total. The molecule has 0 fully saturated rings. The van der Waals surface area contributed by atoms with Crippen molar-refractivity contribution in [1.29, 1.82) is 0 Å². The Morgan fingerprint density at radius 1 is 1.00 bits per heavy atom. The van der Waals surface area contributed by atoms with E-state index < -0.39 is 0 Å². The second-order valence-corrected chi connectivity index (χ2v) is 4.68. The van der Waals surface area contributed by atoms with E-state index in [-0.39, 0.29) is 0 Å². The number of hydrogen-bond acceptors (Lipinski definition) is 2. The highest BCUT2D eigenvalue weighted by atomic mass is 16.3. The number of aryl methyl sites for hydroxylation is 1. The summed E-state index contributed by atoms with van der Waals surface area (Å²) in [5, 5.41) is 12.7. The van der Waals surface area contributed by atoms with Gasteiger partial charge in [0.1, 0.15) is 5.75 Å². The van der Waals surface area contributed by atoms with Crippen LogP contribution < -0.4 is 5.32 Å². The van der Waals surface area contributed by atoms with E-state index in [2.05, 4.69) is 43.4 Å². The highest BCUT2D eigenvalue weighted by molar-refractivity contribution is 5.27. The fourth-order valence-corrected chi connectivity index (χ4v) is 1.86. The van der Waals surface area contributed by atoms with E-state index in [0.29, 0.717) is 11.8 Å². The lowest BCUT2D eigenvalue weighted by atomic mass is 10.1. The summed E-state index contributed by atoms with van der Waals surface area (Å²) in [4.78, 5) is 0. The van der Waals surface area contributed by atoms with E-state index in [9.17, 15) is 5.11 Å². The largest absolute Gasteiger partial charge is 0.508 e. The van der Waals surface area contributed by atoms with Crippen LogP contribution in [0.1, 0.15) is 29.7 Å². The molecule has 2 aromatic carbocycles. The molecule has 0 aliphatic heterocycles.